The minimum Gasteiger partial charge on any atom is -0.377 e. The summed E-state index contributed by atoms with van der Waals surface area (Å²) in [6.07, 6.45) is 8.87. The lowest BCUT2D eigenvalue weighted by Crippen LogP contribution is -2.31. The van der Waals surface area contributed by atoms with Crippen molar-refractivity contribution in [2.75, 3.05) is 18.1 Å². The van der Waals surface area contributed by atoms with Crippen LogP contribution in [0, 0.1) is 12.3 Å². The van der Waals surface area contributed by atoms with Gasteiger partial charge in [-0.1, -0.05) is 0 Å². The fourth-order valence-electron chi connectivity index (χ4n) is 1.89. The van der Waals surface area contributed by atoms with Crippen molar-refractivity contribution < 1.29 is 4.74 Å². The zero-order valence-corrected chi connectivity index (χ0v) is 8.24. The van der Waals surface area contributed by atoms with Gasteiger partial charge >= 0.3 is 0 Å². The quantitative estimate of drug-likeness (QED) is 0.619. The van der Waals surface area contributed by atoms with Crippen molar-refractivity contribution in [2.24, 2.45) is 5.92 Å². The van der Waals surface area contributed by atoms with E-state index in [2.05, 4.69) is 18.2 Å². The van der Waals surface area contributed by atoms with Gasteiger partial charge in [-0.3, -0.25) is 0 Å². The third kappa shape index (κ3) is 2.17. The van der Waals surface area contributed by atoms with Crippen molar-refractivity contribution in [1.29, 1.82) is 0 Å². The molecule has 2 atom stereocenters. The lowest BCUT2D eigenvalue weighted by atomic mass is 9.93. The van der Waals surface area contributed by atoms with E-state index in [1.54, 1.807) is 0 Å². The maximum absolute atomic E-state index is 5.69. The lowest BCUT2D eigenvalue weighted by molar-refractivity contribution is 0.0146. The predicted octanol–water partition coefficient (Wildman–Crippen LogP) is 2.39. The molecule has 12 heavy (non-hydrogen) atoms. The van der Waals surface area contributed by atoms with Crippen molar-refractivity contribution >= 4 is 11.8 Å². The van der Waals surface area contributed by atoms with Crippen LogP contribution in [0.1, 0.15) is 25.7 Å². The molecule has 1 nitrogen and oxygen atoms in total. The van der Waals surface area contributed by atoms with Gasteiger partial charge in [0.1, 0.15) is 0 Å². The molecule has 0 amide bonds. The SMILES string of the molecule is [C]1CCCOC1C1CCCSC1. The topological polar surface area (TPSA) is 9.23 Å². The first-order valence-electron chi connectivity index (χ1n) is 4.89. The zero-order valence-electron chi connectivity index (χ0n) is 7.42. The highest BCUT2D eigenvalue weighted by molar-refractivity contribution is 7.99. The van der Waals surface area contributed by atoms with Gasteiger partial charge in [-0.25, -0.2) is 0 Å². The molecule has 2 aliphatic heterocycles. The second-order valence-corrected chi connectivity index (χ2v) is 4.73. The van der Waals surface area contributed by atoms with Crippen LogP contribution in [0.15, 0.2) is 0 Å². The molecule has 0 spiro atoms. The van der Waals surface area contributed by atoms with E-state index in [1.807, 2.05) is 0 Å². The molecule has 2 rings (SSSR count). The summed E-state index contributed by atoms with van der Waals surface area (Å²) in [4.78, 5) is 0. The number of ether oxygens (including phenoxy) is 1. The molecule has 2 fully saturated rings. The van der Waals surface area contributed by atoms with Crippen LogP contribution in [0.2, 0.25) is 0 Å². The second-order valence-electron chi connectivity index (χ2n) is 3.58. The summed E-state index contributed by atoms with van der Waals surface area (Å²) in [5.41, 5.74) is 0. The lowest BCUT2D eigenvalue weighted by Gasteiger charge is -2.32. The average molecular weight is 184 g/mol. The van der Waals surface area contributed by atoms with Crippen LogP contribution >= 0.6 is 11.8 Å². The Bertz CT molecular complexity index is 110. The number of hydrogen-bond acceptors (Lipinski definition) is 2. The van der Waals surface area contributed by atoms with Crippen LogP contribution in [0.3, 0.4) is 0 Å². The molecule has 2 saturated heterocycles. The van der Waals surface area contributed by atoms with Gasteiger partial charge in [-0.15, -0.1) is 0 Å². The standard InChI is InChI=1S/C10H16OS/c1-2-6-11-10(5-1)9-4-3-7-12-8-9/h9-10H,1-4,6-8H2. The van der Waals surface area contributed by atoms with Gasteiger partial charge in [0.05, 0.1) is 6.10 Å². The third-order valence-electron chi connectivity index (χ3n) is 2.59. The van der Waals surface area contributed by atoms with E-state index < -0.39 is 0 Å². The first-order chi connectivity index (χ1) is 5.97. The van der Waals surface area contributed by atoms with Crippen LogP contribution in [-0.4, -0.2) is 24.2 Å². The maximum Gasteiger partial charge on any atom is 0.0680 e. The van der Waals surface area contributed by atoms with E-state index in [4.69, 9.17) is 4.74 Å². The van der Waals surface area contributed by atoms with Gasteiger partial charge in [0, 0.05) is 13.0 Å². The van der Waals surface area contributed by atoms with Gasteiger partial charge < -0.3 is 4.74 Å². The van der Waals surface area contributed by atoms with E-state index in [-0.39, 0.29) is 0 Å². The summed E-state index contributed by atoms with van der Waals surface area (Å²) in [6, 6.07) is 0. The monoisotopic (exact) mass is 184 g/mol. The summed E-state index contributed by atoms with van der Waals surface area (Å²) in [5.74, 6) is 3.41. The Kier molecular flexibility index (Phi) is 3.35. The van der Waals surface area contributed by atoms with Crippen molar-refractivity contribution in [2.45, 2.75) is 31.8 Å². The predicted molar refractivity (Wildman–Crippen MR) is 52.3 cm³/mol. The second kappa shape index (κ2) is 4.52. The van der Waals surface area contributed by atoms with Crippen LogP contribution < -0.4 is 0 Å². The van der Waals surface area contributed by atoms with Crippen molar-refractivity contribution in [3.63, 3.8) is 0 Å². The van der Waals surface area contributed by atoms with Gasteiger partial charge in [-0.05, 0) is 43.1 Å². The molecule has 2 radical (unpaired) electrons. The van der Waals surface area contributed by atoms with Crippen LogP contribution in [0.25, 0.3) is 0 Å². The Morgan fingerprint density at radius 3 is 3.00 bits per heavy atom. The summed E-state index contributed by atoms with van der Waals surface area (Å²) < 4.78 is 5.69. The minimum atomic E-state index is 0.367. The molecule has 2 heterocycles. The molecule has 0 aliphatic carbocycles. The highest BCUT2D eigenvalue weighted by Gasteiger charge is 2.26. The van der Waals surface area contributed by atoms with Crippen molar-refractivity contribution in [3.8, 4) is 0 Å². The molecule has 0 aromatic heterocycles. The van der Waals surface area contributed by atoms with Crippen LogP contribution in [0.5, 0.6) is 0 Å². The molecule has 2 aliphatic rings. The van der Waals surface area contributed by atoms with Gasteiger partial charge in [0.25, 0.3) is 0 Å². The summed E-state index contributed by atoms with van der Waals surface area (Å²) in [7, 11) is 0. The van der Waals surface area contributed by atoms with Crippen molar-refractivity contribution in [1.82, 2.24) is 0 Å². The van der Waals surface area contributed by atoms with Gasteiger partial charge in [-0.2, -0.15) is 11.8 Å². The fourth-order valence-corrected chi connectivity index (χ4v) is 3.07. The van der Waals surface area contributed by atoms with E-state index in [0.717, 1.165) is 18.9 Å². The highest BCUT2D eigenvalue weighted by Crippen LogP contribution is 2.30. The first-order valence-corrected chi connectivity index (χ1v) is 6.05. The fraction of sp³-hybridized carbons (Fsp3) is 0.900. The number of thioether (sulfide) groups is 1. The molecule has 0 N–H and O–H groups in total. The highest BCUT2D eigenvalue weighted by atomic mass is 32.2. The smallest absolute Gasteiger partial charge is 0.0680 e. The minimum absolute atomic E-state index is 0.367. The van der Waals surface area contributed by atoms with Crippen molar-refractivity contribution in [3.05, 3.63) is 6.42 Å². The summed E-state index contributed by atoms with van der Waals surface area (Å²) in [6.45, 7) is 0.957. The average Bonchev–Trinajstić information content (AvgIpc) is 2.21. The van der Waals surface area contributed by atoms with E-state index in [0.29, 0.717) is 6.10 Å². The van der Waals surface area contributed by atoms with E-state index in [9.17, 15) is 0 Å². The van der Waals surface area contributed by atoms with Gasteiger partial charge in [0.2, 0.25) is 0 Å². The Morgan fingerprint density at radius 2 is 2.33 bits per heavy atom. The number of rotatable bonds is 1. The molecule has 2 unspecified atom stereocenters. The maximum atomic E-state index is 5.69. The molecule has 0 aromatic carbocycles. The van der Waals surface area contributed by atoms with Gasteiger partial charge in [0.15, 0.2) is 0 Å². The molecule has 0 saturated carbocycles. The molecule has 0 bridgehead atoms. The first kappa shape index (κ1) is 8.89. The van der Waals surface area contributed by atoms with E-state index in [1.165, 1.54) is 30.8 Å². The molecular formula is C10H16OS. The third-order valence-corrected chi connectivity index (χ3v) is 3.83. The Labute approximate surface area is 79.2 Å². The molecular weight excluding hydrogens is 168 g/mol. The van der Waals surface area contributed by atoms with E-state index >= 15 is 0 Å². The Hall–Kier alpha value is 0.310. The summed E-state index contributed by atoms with van der Waals surface area (Å²) in [5, 5.41) is 0. The van der Waals surface area contributed by atoms with Crippen LogP contribution in [0.4, 0.5) is 0 Å². The summed E-state index contributed by atoms with van der Waals surface area (Å²) >= 11 is 2.08. The normalized spacial score (nSPS) is 38.0. The Balaban J connectivity index is 1.80. The zero-order chi connectivity index (χ0) is 8.23. The molecule has 68 valence electrons. The number of hydrogen-bond donors (Lipinski definition) is 0. The Morgan fingerprint density at radius 1 is 1.33 bits per heavy atom. The largest absolute Gasteiger partial charge is 0.377 e. The molecule has 0 aromatic rings. The van der Waals surface area contributed by atoms with Crippen LogP contribution in [-0.2, 0) is 4.74 Å². The molecule has 2 heteroatoms.